The third kappa shape index (κ3) is 3.32. The number of nitrogens with zero attached hydrogens (tertiary/aromatic N) is 2. The lowest BCUT2D eigenvalue weighted by Gasteiger charge is -2.33. The smallest absolute Gasteiger partial charge is 0.292 e. The first kappa shape index (κ1) is 15.3. The third-order valence-electron chi connectivity index (χ3n) is 4.32. The van der Waals surface area contributed by atoms with E-state index in [9.17, 15) is 14.9 Å². The predicted octanol–water partition coefficient (Wildman–Crippen LogP) is 2.83. The normalized spacial score (nSPS) is 21.8. The van der Waals surface area contributed by atoms with Gasteiger partial charge in [0, 0.05) is 24.7 Å². The molecule has 0 spiro atoms. The summed E-state index contributed by atoms with van der Waals surface area (Å²) in [5.74, 6) is 0.593. The van der Waals surface area contributed by atoms with E-state index in [4.69, 9.17) is 5.73 Å². The Balaban J connectivity index is 2.12. The summed E-state index contributed by atoms with van der Waals surface area (Å²) in [6.45, 7) is 2.23. The second-order valence-corrected chi connectivity index (χ2v) is 5.86. The van der Waals surface area contributed by atoms with Crippen LogP contribution in [0.4, 0.5) is 11.4 Å². The van der Waals surface area contributed by atoms with Crippen LogP contribution in [0, 0.1) is 16.0 Å². The monoisotopic (exact) mass is 291 g/mol. The van der Waals surface area contributed by atoms with Crippen molar-refractivity contribution in [3.63, 3.8) is 0 Å². The fourth-order valence-corrected chi connectivity index (χ4v) is 2.85. The summed E-state index contributed by atoms with van der Waals surface area (Å²) in [4.78, 5) is 24.4. The number of rotatable bonds is 3. The molecule has 2 N–H and O–H groups in total. The molecule has 2 rings (SSSR count). The zero-order valence-electron chi connectivity index (χ0n) is 12.4. The highest BCUT2D eigenvalue weighted by Gasteiger charge is 2.26. The van der Waals surface area contributed by atoms with Crippen LogP contribution in [0.1, 0.15) is 43.0 Å². The van der Waals surface area contributed by atoms with Crippen LogP contribution in [0.25, 0.3) is 0 Å². The topological polar surface area (TPSA) is 89.5 Å². The Bertz CT molecular complexity index is 551. The minimum absolute atomic E-state index is 0.0246. The molecule has 0 bridgehead atoms. The van der Waals surface area contributed by atoms with Gasteiger partial charge in [-0.05, 0) is 43.7 Å². The SMILES string of the molecule is CC1CCC(N(C)C(=O)c2ccc([N+](=O)[O-])c(N)c2)CC1. The van der Waals surface area contributed by atoms with Crippen molar-refractivity contribution in [2.24, 2.45) is 5.92 Å². The minimum atomic E-state index is -0.546. The summed E-state index contributed by atoms with van der Waals surface area (Å²) < 4.78 is 0. The molecule has 1 aliphatic rings. The Hall–Kier alpha value is -2.11. The number of nitrogen functional groups attached to an aromatic ring is 1. The highest BCUT2D eigenvalue weighted by molar-refractivity contribution is 5.95. The average Bonchev–Trinajstić information content (AvgIpc) is 2.46. The fraction of sp³-hybridized carbons (Fsp3) is 0.533. The van der Waals surface area contributed by atoms with Crippen LogP contribution in [-0.4, -0.2) is 28.8 Å². The van der Waals surface area contributed by atoms with E-state index < -0.39 is 4.92 Å². The van der Waals surface area contributed by atoms with Gasteiger partial charge in [0.1, 0.15) is 5.69 Å². The van der Waals surface area contributed by atoms with E-state index >= 15 is 0 Å². The van der Waals surface area contributed by atoms with Crippen LogP contribution in [0.3, 0.4) is 0 Å². The van der Waals surface area contributed by atoms with Gasteiger partial charge in [0.05, 0.1) is 4.92 Å². The molecule has 6 nitrogen and oxygen atoms in total. The molecule has 0 radical (unpaired) electrons. The van der Waals surface area contributed by atoms with Crippen molar-refractivity contribution < 1.29 is 9.72 Å². The Labute approximate surface area is 124 Å². The lowest BCUT2D eigenvalue weighted by molar-refractivity contribution is -0.383. The van der Waals surface area contributed by atoms with E-state index in [1.165, 1.54) is 18.2 Å². The van der Waals surface area contributed by atoms with Crippen molar-refractivity contribution in [3.05, 3.63) is 33.9 Å². The van der Waals surface area contributed by atoms with Gasteiger partial charge in [-0.25, -0.2) is 0 Å². The number of nitrogens with two attached hydrogens (primary N) is 1. The molecule has 1 aromatic rings. The summed E-state index contributed by atoms with van der Waals surface area (Å²) in [5.41, 5.74) is 5.91. The van der Waals surface area contributed by atoms with E-state index in [1.54, 1.807) is 11.9 Å². The Kier molecular flexibility index (Phi) is 4.45. The number of amides is 1. The second kappa shape index (κ2) is 6.11. The van der Waals surface area contributed by atoms with Crippen molar-refractivity contribution in [1.82, 2.24) is 4.90 Å². The number of carbonyl (C=O) groups excluding carboxylic acids is 1. The van der Waals surface area contributed by atoms with Gasteiger partial charge in [-0.2, -0.15) is 0 Å². The lowest BCUT2D eigenvalue weighted by Crippen LogP contribution is -2.39. The maximum atomic E-state index is 12.5. The van der Waals surface area contributed by atoms with Gasteiger partial charge >= 0.3 is 0 Å². The molecule has 0 unspecified atom stereocenters. The van der Waals surface area contributed by atoms with Crippen LogP contribution in [-0.2, 0) is 0 Å². The standard InChI is InChI=1S/C15H21N3O3/c1-10-3-6-12(7-4-10)17(2)15(19)11-5-8-14(18(20)21)13(16)9-11/h5,8-10,12H,3-4,6-7,16H2,1-2H3. The average molecular weight is 291 g/mol. The number of carbonyl (C=O) groups is 1. The van der Waals surface area contributed by atoms with Gasteiger partial charge in [0.2, 0.25) is 0 Å². The fourth-order valence-electron chi connectivity index (χ4n) is 2.85. The maximum absolute atomic E-state index is 12.5. The van der Waals surface area contributed by atoms with E-state index in [0.29, 0.717) is 5.56 Å². The predicted molar refractivity (Wildman–Crippen MR) is 81.0 cm³/mol. The lowest BCUT2D eigenvalue weighted by atomic mass is 9.86. The number of hydrogen-bond donors (Lipinski definition) is 1. The van der Waals surface area contributed by atoms with Crippen LogP contribution >= 0.6 is 0 Å². The van der Waals surface area contributed by atoms with Crippen LogP contribution in [0.5, 0.6) is 0 Å². The highest BCUT2D eigenvalue weighted by atomic mass is 16.6. The molecular weight excluding hydrogens is 270 g/mol. The number of hydrogen-bond acceptors (Lipinski definition) is 4. The van der Waals surface area contributed by atoms with Gasteiger partial charge < -0.3 is 10.6 Å². The molecule has 1 amide bonds. The van der Waals surface area contributed by atoms with Crippen molar-refractivity contribution in [3.8, 4) is 0 Å². The molecule has 0 aliphatic heterocycles. The molecule has 0 saturated heterocycles. The molecule has 114 valence electrons. The first-order valence-corrected chi connectivity index (χ1v) is 7.21. The first-order valence-electron chi connectivity index (χ1n) is 7.21. The molecule has 21 heavy (non-hydrogen) atoms. The number of nitro benzene ring substituents is 1. The van der Waals surface area contributed by atoms with E-state index in [0.717, 1.165) is 31.6 Å². The summed E-state index contributed by atoms with van der Waals surface area (Å²) >= 11 is 0. The molecule has 1 saturated carbocycles. The zero-order valence-corrected chi connectivity index (χ0v) is 12.4. The maximum Gasteiger partial charge on any atom is 0.292 e. The molecule has 0 aromatic heterocycles. The number of benzene rings is 1. The van der Waals surface area contributed by atoms with Crippen LogP contribution in [0.2, 0.25) is 0 Å². The summed E-state index contributed by atoms with van der Waals surface area (Å²) in [5, 5.41) is 10.7. The van der Waals surface area contributed by atoms with Crippen molar-refractivity contribution in [2.45, 2.75) is 38.6 Å². The Morgan fingerprint density at radius 1 is 1.33 bits per heavy atom. The largest absolute Gasteiger partial charge is 0.393 e. The molecule has 1 aromatic carbocycles. The molecular formula is C15H21N3O3. The first-order chi connectivity index (χ1) is 9.90. The Morgan fingerprint density at radius 2 is 1.95 bits per heavy atom. The highest BCUT2D eigenvalue weighted by Crippen LogP contribution is 2.28. The molecule has 6 heteroatoms. The second-order valence-electron chi connectivity index (χ2n) is 5.86. The number of anilines is 1. The van der Waals surface area contributed by atoms with Crippen molar-refractivity contribution in [1.29, 1.82) is 0 Å². The minimum Gasteiger partial charge on any atom is -0.393 e. The van der Waals surface area contributed by atoms with Gasteiger partial charge in [-0.15, -0.1) is 0 Å². The van der Waals surface area contributed by atoms with Gasteiger partial charge in [-0.1, -0.05) is 6.92 Å². The van der Waals surface area contributed by atoms with Gasteiger partial charge in [-0.3, -0.25) is 14.9 Å². The van der Waals surface area contributed by atoms with E-state index in [2.05, 4.69) is 6.92 Å². The van der Waals surface area contributed by atoms with Crippen LogP contribution < -0.4 is 5.73 Å². The van der Waals surface area contributed by atoms with Gasteiger partial charge in [0.25, 0.3) is 11.6 Å². The van der Waals surface area contributed by atoms with E-state index in [-0.39, 0.29) is 23.3 Å². The van der Waals surface area contributed by atoms with Crippen LogP contribution in [0.15, 0.2) is 18.2 Å². The quantitative estimate of drug-likeness (QED) is 0.527. The summed E-state index contributed by atoms with van der Waals surface area (Å²) in [6.07, 6.45) is 4.27. The van der Waals surface area contributed by atoms with Gasteiger partial charge in [0.15, 0.2) is 0 Å². The molecule has 1 aliphatic carbocycles. The molecule has 0 heterocycles. The molecule has 1 fully saturated rings. The summed E-state index contributed by atoms with van der Waals surface area (Å²) in [7, 11) is 1.79. The van der Waals surface area contributed by atoms with Crippen molar-refractivity contribution >= 4 is 17.3 Å². The molecule has 0 atom stereocenters. The number of nitro groups is 1. The summed E-state index contributed by atoms with van der Waals surface area (Å²) in [6, 6.07) is 4.39. The third-order valence-corrected chi connectivity index (χ3v) is 4.32. The van der Waals surface area contributed by atoms with E-state index in [1.807, 2.05) is 0 Å². The zero-order chi connectivity index (χ0) is 15.6. The Morgan fingerprint density at radius 3 is 2.48 bits per heavy atom. The van der Waals surface area contributed by atoms with Crippen molar-refractivity contribution in [2.75, 3.05) is 12.8 Å².